The number of thioether (sulfide) groups is 1. The molecule has 2 heterocycles. The summed E-state index contributed by atoms with van der Waals surface area (Å²) < 4.78 is 0. The van der Waals surface area contributed by atoms with Gasteiger partial charge in [0.15, 0.2) is 5.16 Å². The van der Waals surface area contributed by atoms with Crippen molar-refractivity contribution in [3.05, 3.63) is 42.5 Å². The molecule has 0 amide bonds. The van der Waals surface area contributed by atoms with E-state index in [0.717, 1.165) is 33.0 Å². The molecule has 0 bridgehead atoms. The molecule has 98 valence electrons. The average Bonchev–Trinajstić information content (AvgIpc) is 2.84. The smallest absolute Gasteiger partial charge is 0.188 e. The van der Waals surface area contributed by atoms with Crippen molar-refractivity contribution in [3.63, 3.8) is 0 Å². The molecule has 0 radical (unpaired) electrons. The fraction of sp³-hybridized carbons (Fsp3) is 0.125. The van der Waals surface area contributed by atoms with E-state index < -0.39 is 0 Å². The van der Waals surface area contributed by atoms with Crippen LogP contribution in [0.15, 0.2) is 47.6 Å². The highest BCUT2D eigenvalue weighted by Gasteiger charge is 2.07. The number of hydrogen-bond acceptors (Lipinski definition) is 3. The summed E-state index contributed by atoms with van der Waals surface area (Å²) in [6.07, 6.45) is 0. The van der Waals surface area contributed by atoms with Crippen LogP contribution in [0.2, 0.25) is 0 Å². The van der Waals surface area contributed by atoms with Gasteiger partial charge in [0, 0.05) is 16.4 Å². The van der Waals surface area contributed by atoms with E-state index in [9.17, 15) is 0 Å². The highest BCUT2D eigenvalue weighted by molar-refractivity contribution is 7.99. The van der Waals surface area contributed by atoms with Gasteiger partial charge in [0.05, 0.1) is 11.0 Å². The number of pyridine rings is 1. The Morgan fingerprint density at radius 2 is 1.75 bits per heavy atom. The molecule has 20 heavy (non-hydrogen) atoms. The van der Waals surface area contributed by atoms with E-state index >= 15 is 0 Å². The van der Waals surface area contributed by atoms with Crippen molar-refractivity contribution in [2.24, 2.45) is 0 Å². The molecule has 2 aromatic heterocycles. The molecule has 0 atom stereocenters. The number of fused-ring (bicyclic) bond motifs is 3. The number of nitrogens with one attached hydrogen (secondary N) is 1. The molecular weight excluding hydrogens is 266 g/mol. The molecule has 4 heteroatoms. The van der Waals surface area contributed by atoms with Gasteiger partial charge in [-0.3, -0.25) is 0 Å². The maximum absolute atomic E-state index is 4.57. The molecule has 0 aliphatic rings. The van der Waals surface area contributed by atoms with Crippen molar-refractivity contribution in [2.75, 3.05) is 5.75 Å². The van der Waals surface area contributed by atoms with Gasteiger partial charge in [0.25, 0.3) is 0 Å². The number of nitrogens with zero attached hydrogens (tertiary/aromatic N) is 2. The number of para-hydroxylation sites is 1. The highest BCUT2D eigenvalue weighted by Crippen LogP contribution is 2.26. The van der Waals surface area contributed by atoms with Crippen LogP contribution in [0.25, 0.3) is 32.8 Å². The van der Waals surface area contributed by atoms with Crippen molar-refractivity contribution in [1.82, 2.24) is 15.0 Å². The summed E-state index contributed by atoms with van der Waals surface area (Å²) in [6, 6.07) is 14.7. The molecule has 0 unspecified atom stereocenters. The Bertz CT molecular complexity index is 855. The molecular formula is C16H13N3S. The number of benzene rings is 2. The van der Waals surface area contributed by atoms with Gasteiger partial charge in [-0.15, -0.1) is 0 Å². The molecule has 1 N–H and O–H groups in total. The lowest BCUT2D eigenvalue weighted by Crippen LogP contribution is -1.82. The van der Waals surface area contributed by atoms with Crippen molar-refractivity contribution in [3.8, 4) is 0 Å². The first-order valence-corrected chi connectivity index (χ1v) is 7.64. The predicted molar refractivity (Wildman–Crippen MR) is 85.3 cm³/mol. The van der Waals surface area contributed by atoms with E-state index in [1.807, 2.05) is 6.07 Å². The monoisotopic (exact) mass is 279 g/mol. The van der Waals surface area contributed by atoms with Gasteiger partial charge < -0.3 is 4.98 Å². The largest absolute Gasteiger partial charge is 0.354 e. The number of H-pyrrole nitrogens is 1. The van der Waals surface area contributed by atoms with Crippen LogP contribution in [0.3, 0.4) is 0 Å². The molecule has 0 fully saturated rings. The van der Waals surface area contributed by atoms with Crippen molar-refractivity contribution >= 4 is 44.6 Å². The van der Waals surface area contributed by atoms with Crippen LogP contribution in [0.5, 0.6) is 0 Å². The minimum atomic E-state index is 0.863. The molecule has 0 saturated carbocycles. The number of aromatic nitrogens is 3. The fourth-order valence-electron chi connectivity index (χ4n) is 2.47. The Hall–Kier alpha value is -2.07. The lowest BCUT2D eigenvalue weighted by Gasteiger charge is -2.02. The predicted octanol–water partition coefficient (Wildman–Crippen LogP) is 4.38. The summed E-state index contributed by atoms with van der Waals surface area (Å²) in [5, 5.41) is 3.24. The molecule has 2 aromatic carbocycles. The minimum Gasteiger partial charge on any atom is -0.354 e. The van der Waals surface area contributed by atoms with Crippen LogP contribution in [0.4, 0.5) is 0 Å². The summed E-state index contributed by atoms with van der Waals surface area (Å²) in [6.45, 7) is 2.11. The first-order chi connectivity index (χ1) is 9.83. The molecule has 4 rings (SSSR count). The second kappa shape index (κ2) is 4.49. The van der Waals surface area contributed by atoms with Gasteiger partial charge in [0.2, 0.25) is 0 Å². The van der Waals surface area contributed by atoms with Crippen LogP contribution in [-0.4, -0.2) is 20.7 Å². The Kier molecular flexibility index (Phi) is 2.63. The van der Waals surface area contributed by atoms with Gasteiger partial charge in [-0.1, -0.05) is 36.9 Å². The molecule has 4 aromatic rings. The normalized spacial score (nSPS) is 11.7. The van der Waals surface area contributed by atoms with E-state index in [1.54, 1.807) is 11.8 Å². The molecule has 3 nitrogen and oxygen atoms in total. The fourth-order valence-corrected chi connectivity index (χ4v) is 3.06. The lowest BCUT2D eigenvalue weighted by atomic mass is 10.1. The first kappa shape index (κ1) is 11.7. The average molecular weight is 279 g/mol. The summed E-state index contributed by atoms with van der Waals surface area (Å²) in [5.74, 6) is 0.992. The number of aromatic amines is 1. The third-order valence-electron chi connectivity index (χ3n) is 3.39. The van der Waals surface area contributed by atoms with Crippen LogP contribution < -0.4 is 0 Å². The number of rotatable bonds is 2. The summed E-state index contributed by atoms with van der Waals surface area (Å²) in [5.41, 5.74) is 4.17. The molecule has 0 aliphatic heterocycles. The van der Waals surface area contributed by atoms with Gasteiger partial charge in [-0.2, -0.15) is 0 Å². The summed E-state index contributed by atoms with van der Waals surface area (Å²) >= 11 is 1.68. The van der Waals surface area contributed by atoms with Crippen LogP contribution in [0, 0.1) is 0 Å². The van der Waals surface area contributed by atoms with Crippen molar-refractivity contribution in [1.29, 1.82) is 0 Å². The Morgan fingerprint density at radius 1 is 0.950 bits per heavy atom. The number of hydrogen-bond donors (Lipinski definition) is 1. The van der Waals surface area contributed by atoms with E-state index in [0.29, 0.717) is 0 Å². The SMILES string of the molecule is CCSc1nc2cc3cc4ccccc4[nH]c3cc2n1. The van der Waals surface area contributed by atoms with Gasteiger partial charge >= 0.3 is 0 Å². The third kappa shape index (κ3) is 1.84. The maximum atomic E-state index is 4.57. The van der Waals surface area contributed by atoms with Crippen LogP contribution >= 0.6 is 11.8 Å². The second-order valence-corrected chi connectivity index (χ2v) is 5.96. The zero-order valence-corrected chi connectivity index (χ0v) is 11.9. The molecule has 0 aliphatic carbocycles. The zero-order valence-electron chi connectivity index (χ0n) is 11.1. The van der Waals surface area contributed by atoms with Crippen LogP contribution in [-0.2, 0) is 0 Å². The quantitative estimate of drug-likeness (QED) is 0.437. The Morgan fingerprint density at radius 3 is 2.60 bits per heavy atom. The van der Waals surface area contributed by atoms with E-state index in [2.05, 4.69) is 58.3 Å². The topological polar surface area (TPSA) is 41.6 Å². The minimum absolute atomic E-state index is 0.863. The maximum Gasteiger partial charge on any atom is 0.188 e. The van der Waals surface area contributed by atoms with E-state index in [-0.39, 0.29) is 0 Å². The van der Waals surface area contributed by atoms with Crippen LogP contribution in [0.1, 0.15) is 6.92 Å². The van der Waals surface area contributed by atoms with Gasteiger partial charge in [-0.25, -0.2) is 9.97 Å². The van der Waals surface area contributed by atoms with E-state index in [1.165, 1.54) is 10.8 Å². The highest BCUT2D eigenvalue weighted by atomic mass is 32.2. The Labute approximate surface area is 120 Å². The standard InChI is InChI=1S/C16H13N3S/c1-2-20-16-18-14-8-11-7-10-5-3-4-6-12(10)17-13(11)9-15(14)19-16/h3-9,17H,2H2,1H3. The molecule has 0 spiro atoms. The zero-order chi connectivity index (χ0) is 13.5. The summed E-state index contributed by atoms with van der Waals surface area (Å²) in [7, 11) is 0. The second-order valence-electron chi connectivity index (χ2n) is 4.72. The first-order valence-electron chi connectivity index (χ1n) is 6.65. The Balaban J connectivity index is 2.02. The lowest BCUT2D eigenvalue weighted by molar-refractivity contribution is 1.08. The van der Waals surface area contributed by atoms with Gasteiger partial charge in [-0.05, 0) is 35.4 Å². The van der Waals surface area contributed by atoms with Crippen molar-refractivity contribution < 1.29 is 0 Å². The van der Waals surface area contributed by atoms with Crippen molar-refractivity contribution in [2.45, 2.75) is 12.1 Å². The molecule has 0 saturated heterocycles. The summed E-state index contributed by atoms with van der Waals surface area (Å²) in [4.78, 5) is 12.6. The number of imidazole rings is 1. The van der Waals surface area contributed by atoms with Gasteiger partial charge in [0.1, 0.15) is 0 Å². The van der Waals surface area contributed by atoms with E-state index in [4.69, 9.17) is 0 Å². The third-order valence-corrected chi connectivity index (χ3v) is 4.12.